The molecule has 1 heterocycles. The van der Waals surface area contributed by atoms with Crippen molar-refractivity contribution in [3.05, 3.63) is 528 Å². The Morgan fingerprint density at radius 2 is 0.448 bits per heavy atom. The van der Waals surface area contributed by atoms with Crippen LogP contribution in [0.5, 0.6) is 0 Å². The van der Waals surface area contributed by atoms with E-state index in [9.17, 15) is 0 Å². The highest BCUT2D eigenvalue weighted by Crippen LogP contribution is 2.68. The quantitative estimate of drug-likeness (QED) is 0.135. The van der Waals surface area contributed by atoms with Crippen molar-refractivity contribution in [2.45, 2.75) is 16.2 Å². The van der Waals surface area contributed by atoms with Crippen LogP contribution >= 0.6 is 0 Å². The van der Waals surface area contributed by atoms with E-state index in [4.69, 9.17) is 4.42 Å². The molecule has 0 radical (unpaired) electrons. The molecule has 0 fully saturated rings. The van der Waals surface area contributed by atoms with Crippen LogP contribution in [0.1, 0.15) is 66.8 Å². The summed E-state index contributed by atoms with van der Waals surface area (Å²) in [7, 11) is 0. The van der Waals surface area contributed by atoms with Gasteiger partial charge in [0, 0.05) is 61.6 Å². The van der Waals surface area contributed by atoms with E-state index in [0.717, 1.165) is 56.1 Å². The molecular weight excluding hydrogens is 1510 g/mol. The summed E-state index contributed by atoms with van der Waals surface area (Å²) < 4.78 is 6.05. The Morgan fingerprint density at radius 3 is 0.896 bits per heavy atom. The fourth-order valence-corrected chi connectivity index (χ4v) is 22.4. The Bertz CT molecular complexity index is 7830. The van der Waals surface area contributed by atoms with Crippen LogP contribution in [-0.2, 0) is 16.2 Å². The van der Waals surface area contributed by atoms with Gasteiger partial charge in [-0.2, -0.15) is 0 Å². The van der Waals surface area contributed by atoms with Gasteiger partial charge in [0.05, 0.1) is 16.2 Å². The number of hydrogen-bond donors (Lipinski definition) is 3. The number of rotatable bonds is 9. The first-order valence-corrected chi connectivity index (χ1v) is 43.3. The Balaban J connectivity index is 0.000000103. The Morgan fingerprint density at radius 1 is 0.160 bits per heavy atom. The number of para-hydroxylation sites is 1. The van der Waals surface area contributed by atoms with Gasteiger partial charge in [-0.1, -0.05) is 388 Å². The van der Waals surface area contributed by atoms with Gasteiger partial charge < -0.3 is 20.4 Å². The molecule has 584 valence electrons. The zero-order chi connectivity index (χ0) is 82.3. The summed E-state index contributed by atoms with van der Waals surface area (Å²) in [6.07, 6.45) is 0. The van der Waals surface area contributed by atoms with Gasteiger partial charge in [-0.25, -0.2) is 0 Å². The molecule has 125 heavy (non-hydrogen) atoms. The maximum atomic E-state index is 6.05. The Kier molecular flexibility index (Phi) is 16.4. The minimum atomic E-state index is -0.337. The second-order valence-electron chi connectivity index (χ2n) is 33.7. The van der Waals surface area contributed by atoms with Crippen LogP contribution in [0.15, 0.2) is 465 Å². The van der Waals surface area contributed by atoms with E-state index in [1.165, 1.54) is 178 Å². The van der Waals surface area contributed by atoms with Crippen molar-refractivity contribution in [2.24, 2.45) is 0 Å². The average molecular weight is 1590 g/mol. The third kappa shape index (κ3) is 10.8. The van der Waals surface area contributed by atoms with Crippen LogP contribution < -0.4 is 16.0 Å². The lowest BCUT2D eigenvalue weighted by molar-refractivity contribution is 0.669. The summed E-state index contributed by atoms with van der Waals surface area (Å²) >= 11 is 0. The predicted molar refractivity (Wildman–Crippen MR) is 518 cm³/mol. The van der Waals surface area contributed by atoms with Crippen LogP contribution in [0.2, 0.25) is 0 Å². The highest BCUT2D eigenvalue weighted by molar-refractivity contribution is 6.08. The molecule has 0 saturated carbocycles. The van der Waals surface area contributed by atoms with Crippen LogP contribution in [0.3, 0.4) is 0 Å². The van der Waals surface area contributed by atoms with Crippen molar-refractivity contribution in [1.29, 1.82) is 0 Å². The molecular formula is C121H79N3O. The highest BCUT2D eigenvalue weighted by atomic mass is 16.3. The summed E-state index contributed by atoms with van der Waals surface area (Å²) in [6, 6.07) is 168. The molecule has 0 aliphatic heterocycles. The normalized spacial score (nSPS) is 13.5. The SMILES string of the molecule is c1ccc(-c2ccc(-c3cccc(Nc4cccc5c4-c4ccccc4C54c5ccccc5-c5ccccc54)c3)cc2)cc1.c1ccc2c(c1)-c1ccccc1C21c2ccccc2-c2c(Nc3ccc(-c4ccc5oc6ccccc6c5c4)cc3)cccc21.c1ccc2c(c1)-c1ccccc1C21c2ccccc2-c2c(Nc3ccc4ccccc4c3)cccc21. The lowest BCUT2D eigenvalue weighted by Crippen LogP contribution is -2.25. The molecule has 0 saturated heterocycles. The number of anilines is 6. The molecule has 0 bridgehead atoms. The maximum absolute atomic E-state index is 6.05. The minimum Gasteiger partial charge on any atom is -0.456 e. The first-order chi connectivity index (χ1) is 62.0. The molecule has 27 rings (SSSR count). The lowest BCUT2D eigenvalue weighted by Gasteiger charge is -2.30. The smallest absolute Gasteiger partial charge is 0.135 e. The Labute approximate surface area is 726 Å². The summed E-state index contributed by atoms with van der Waals surface area (Å²) in [5, 5.41) is 16.2. The van der Waals surface area contributed by atoms with E-state index in [0.29, 0.717) is 0 Å². The van der Waals surface area contributed by atoms with E-state index < -0.39 is 0 Å². The van der Waals surface area contributed by atoms with Crippen molar-refractivity contribution in [2.75, 3.05) is 16.0 Å². The van der Waals surface area contributed by atoms with Crippen LogP contribution in [0.4, 0.5) is 34.1 Å². The van der Waals surface area contributed by atoms with Crippen LogP contribution in [-0.4, -0.2) is 0 Å². The van der Waals surface area contributed by atoms with Crippen molar-refractivity contribution in [3.63, 3.8) is 0 Å². The first-order valence-electron chi connectivity index (χ1n) is 43.3. The second-order valence-corrected chi connectivity index (χ2v) is 33.7. The molecule has 3 N–H and O–H groups in total. The van der Waals surface area contributed by atoms with Gasteiger partial charge in [-0.15, -0.1) is 0 Å². The second kappa shape index (κ2) is 28.5. The molecule has 0 amide bonds. The number of nitrogens with one attached hydrogen (secondary N) is 3. The number of hydrogen-bond acceptors (Lipinski definition) is 4. The summed E-state index contributed by atoms with van der Waals surface area (Å²) in [4.78, 5) is 0. The largest absolute Gasteiger partial charge is 0.456 e. The van der Waals surface area contributed by atoms with Gasteiger partial charge in [0.2, 0.25) is 0 Å². The number of benzene rings is 20. The number of fused-ring (bicyclic) bond motifs is 34. The van der Waals surface area contributed by atoms with Gasteiger partial charge in [-0.05, 0) is 234 Å². The molecule has 3 spiro atoms. The third-order valence-corrected chi connectivity index (χ3v) is 27.4. The Hall–Kier alpha value is -16.1. The van der Waals surface area contributed by atoms with Gasteiger partial charge in [0.15, 0.2) is 0 Å². The summed E-state index contributed by atoms with van der Waals surface area (Å²) in [6.45, 7) is 0. The minimum absolute atomic E-state index is 0.305. The molecule has 4 nitrogen and oxygen atoms in total. The van der Waals surface area contributed by atoms with E-state index in [1.54, 1.807) is 0 Å². The molecule has 1 aromatic heterocycles. The van der Waals surface area contributed by atoms with Crippen LogP contribution in [0.25, 0.3) is 133 Å². The fraction of sp³-hybridized carbons (Fsp3) is 0.0248. The number of furan rings is 1. The van der Waals surface area contributed by atoms with Crippen molar-refractivity contribution >= 4 is 66.8 Å². The molecule has 6 aliphatic rings. The van der Waals surface area contributed by atoms with Gasteiger partial charge in [0.1, 0.15) is 11.2 Å². The lowest BCUT2D eigenvalue weighted by atomic mass is 9.70. The predicted octanol–water partition coefficient (Wildman–Crippen LogP) is 31.4. The van der Waals surface area contributed by atoms with E-state index in [-0.39, 0.29) is 16.2 Å². The molecule has 0 atom stereocenters. The maximum Gasteiger partial charge on any atom is 0.135 e. The van der Waals surface area contributed by atoms with Crippen molar-refractivity contribution in [3.8, 4) is 100 Å². The highest BCUT2D eigenvalue weighted by Gasteiger charge is 2.55. The van der Waals surface area contributed by atoms with E-state index in [1.807, 2.05) is 12.1 Å². The molecule has 0 unspecified atom stereocenters. The fourth-order valence-electron chi connectivity index (χ4n) is 22.4. The van der Waals surface area contributed by atoms with Crippen molar-refractivity contribution < 1.29 is 4.42 Å². The summed E-state index contributed by atoms with van der Waals surface area (Å²) in [5.74, 6) is 0. The van der Waals surface area contributed by atoms with Crippen molar-refractivity contribution in [1.82, 2.24) is 0 Å². The van der Waals surface area contributed by atoms with Gasteiger partial charge >= 0.3 is 0 Å². The van der Waals surface area contributed by atoms with Gasteiger partial charge in [-0.3, -0.25) is 0 Å². The third-order valence-electron chi connectivity index (χ3n) is 27.4. The zero-order valence-corrected chi connectivity index (χ0v) is 68.3. The standard InChI is InChI=1S/C43H27NO.C43H29N.C35H23N/c1-5-14-35-30(10-1)31-11-2-6-15-36(31)43(35)37-16-7-3-13-33(37)42-38(43)17-9-18-39(42)44-29-23-20-27(21-24-29)28-22-25-41-34(26-28)32-12-4-8-19-40(32)45-41;1-2-12-29(13-3-1)30-24-26-31(27-25-30)32-14-10-15-33(28-32)44-41-23-11-22-40-42(41)36-18-6-9-21-39(36)43(40)37-19-7-4-16-34(37)35-17-5-8-20-38(35)43;1-2-11-24-22-25(21-20-23(24)10-1)36-33-19-9-18-32-34(33)28-14-5-8-17-31(28)35(32)29-15-6-3-12-26(29)27-13-4-7-16-30(27)35/h1-26,44H;1-28,44H;1-22,36H. The molecule has 20 aromatic carbocycles. The summed E-state index contributed by atoms with van der Waals surface area (Å²) in [5.41, 5.74) is 46.8. The van der Waals surface area contributed by atoms with E-state index >= 15 is 0 Å². The zero-order valence-electron chi connectivity index (χ0n) is 68.3. The molecule has 4 heteroatoms. The first kappa shape index (κ1) is 71.7. The average Bonchev–Trinajstić information content (AvgIpc) is 1.52. The monoisotopic (exact) mass is 1590 g/mol. The van der Waals surface area contributed by atoms with E-state index in [2.05, 4.69) is 465 Å². The molecule has 21 aromatic rings. The van der Waals surface area contributed by atoms with Gasteiger partial charge in [0.25, 0.3) is 0 Å². The topological polar surface area (TPSA) is 49.2 Å². The molecule has 6 aliphatic carbocycles. The van der Waals surface area contributed by atoms with Crippen LogP contribution in [0, 0.1) is 0 Å².